The van der Waals surface area contributed by atoms with Crippen LogP contribution in [-0.2, 0) is 10.9 Å². The number of ether oxygens (including phenoxy) is 1. The molecule has 0 aliphatic carbocycles. The molecule has 2 rings (SSSR count). The Labute approximate surface area is 124 Å². The van der Waals surface area contributed by atoms with Crippen molar-refractivity contribution in [3.8, 4) is 0 Å². The second kappa shape index (κ2) is 6.08. The van der Waals surface area contributed by atoms with Crippen molar-refractivity contribution in [2.75, 3.05) is 5.32 Å². The minimum absolute atomic E-state index is 0.243. The SMILES string of the molecule is Cc1nocc1NC(=O)O[C@H](C)c1cccc(C(F)(F)F)c1. The Hall–Kier alpha value is -2.51. The minimum atomic E-state index is -4.45. The van der Waals surface area contributed by atoms with Gasteiger partial charge in [0.25, 0.3) is 0 Å². The van der Waals surface area contributed by atoms with Crippen molar-refractivity contribution >= 4 is 11.8 Å². The fourth-order valence-electron chi connectivity index (χ4n) is 1.75. The summed E-state index contributed by atoms with van der Waals surface area (Å²) in [6, 6.07) is 4.62. The predicted octanol–water partition coefficient (Wildman–Crippen LogP) is 4.31. The van der Waals surface area contributed by atoms with Crippen LogP contribution in [0.2, 0.25) is 0 Å². The van der Waals surface area contributed by atoms with E-state index in [4.69, 9.17) is 4.74 Å². The Kier molecular flexibility index (Phi) is 4.39. The molecule has 8 heteroatoms. The van der Waals surface area contributed by atoms with Crippen LogP contribution in [0, 0.1) is 6.92 Å². The van der Waals surface area contributed by atoms with Gasteiger partial charge in [0.2, 0.25) is 0 Å². The second-order valence-electron chi connectivity index (χ2n) is 4.61. The lowest BCUT2D eigenvalue weighted by Crippen LogP contribution is -2.16. The zero-order valence-corrected chi connectivity index (χ0v) is 11.8. The van der Waals surface area contributed by atoms with E-state index >= 15 is 0 Å². The molecule has 1 heterocycles. The molecular formula is C14H13F3N2O3. The van der Waals surface area contributed by atoms with Crippen LogP contribution in [0.4, 0.5) is 23.7 Å². The number of benzene rings is 1. The van der Waals surface area contributed by atoms with Gasteiger partial charge in [0.05, 0.1) is 5.56 Å². The van der Waals surface area contributed by atoms with Gasteiger partial charge < -0.3 is 9.26 Å². The first-order valence-electron chi connectivity index (χ1n) is 6.33. The third kappa shape index (κ3) is 3.78. The van der Waals surface area contributed by atoms with Gasteiger partial charge in [-0.15, -0.1) is 0 Å². The maximum absolute atomic E-state index is 12.7. The van der Waals surface area contributed by atoms with E-state index in [1.165, 1.54) is 25.3 Å². The molecule has 1 atom stereocenters. The van der Waals surface area contributed by atoms with Crippen LogP contribution < -0.4 is 5.32 Å². The molecule has 0 spiro atoms. The van der Waals surface area contributed by atoms with Crippen LogP contribution >= 0.6 is 0 Å². The molecule has 1 amide bonds. The van der Waals surface area contributed by atoms with Crippen LogP contribution in [0.5, 0.6) is 0 Å². The lowest BCUT2D eigenvalue weighted by atomic mass is 10.1. The lowest BCUT2D eigenvalue weighted by molar-refractivity contribution is -0.137. The van der Waals surface area contributed by atoms with Gasteiger partial charge in [-0.05, 0) is 31.5 Å². The first-order valence-corrected chi connectivity index (χ1v) is 6.33. The molecule has 22 heavy (non-hydrogen) atoms. The summed E-state index contributed by atoms with van der Waals surface area (Å²) < 4.78 is 47.6. The van der Waals surface area contributed by atoms with Crippen LogP contribution in [-0.4, -0.2) is 11.2 Å². The minimum Gasteiger partial charge on any atom is -0.441 e. The molecule has 2 aromatic rings. The fourth-order valence-corrected chi connectivity index (χ4v) is 1.75. The number of aryl methyl sites for hydroxylation is 1. The number of amides is 1. The Morgan fingerprint density at radius 1 is 1.41 bits per heavy atom. The van der Waals surface area contributed by atoms with E-state index in [2.05, 4.69) is 15.0 Å². The molecule has 0 fully saturated rings. The molecular weight excluding hydrogens is 301 g/mol. The van der Waals surface area contributed by atoms with E-state index in [-0.39, 0.29) is 5.56 Å². The maximum atomic E-state index is 12.7. The molecule has 0 radical (unpaired) electrons. The zero-order valence-electron chi connectivity index (χ0n) is 11.8. The number of alkyl halides is 3. The molecule has 0 saturated heterocycles. The number of rotatable bonds is 3. The Morgan fingerprint density at radius 2 is 2.14 bits per heavy atom. The van der Waals surface area contributed by atoms with E-state index in [1.807, 2.05) is 0 Å². The largest absolute Gasteiger partial charge is 0.441 e. The smallest absolute Gasteiger partial charge is 0.416 e. The highest BCUT2D eigenvalue weighted by molar-refractivity contribution is 5.85. The van der Waals surface area contributed by atoms with E-state index < -0.39 is 23.9 Å². The summed E-state index contributed by atoms with van der Waals surface area (Å²) in [5, 5.41) is 5.97. The highest BCUT2D eigenvalue weighted by Crippen LogP contribution is 2.31. The number of hydrogen-bond acceptors (Lipinski definition) is 4. The Bertz CT molecular complexity index is 667. The highest BCUT2D eigenvalue weighted by Gasteiger charge is 2.31. The number of nitrogens with zero attached hydrogens (tertiary/aromatic N) is 1. The van der Waals surface area contributed by atoms with Crippen LogP contribution in [0.1, 0.15) is 29.8 Å². The molecule has 0 aliphatic rings. The summed E-state index contributed by atoms with van der Waals surface area (Å²) in [4.78, 5) is 11.7. The van der Waals surface area contributed by atoms with Gasteiger partial charge in [0.1, 0.15) is 23.7 Å². The van der Waals surface area contributed by atoms with Gasteiger partial charge in [-0.3, -0.25) is 5.32 Å². The molecule has 1 aromatic heterocycles. The summed E-state index contributed by atoms with van der Waals surface area (Å²) in [5.74, 6) is 0. The van der Waals surface area contributed by atoms with Crippen molar-refractivity contribution in [1.29, 1.82) is 0 Å². The van der Waals surface area contributed by atoms with Gasteiger partial charge in [0.15, 0.2) is 0 Å². The highest BCUT2D eigenvalue weighted by atomic mass is 19.4. The number of hydrogen-bond donors (Lipinski definition) is 1. The van der Waals surface area contributed by atoms with Crippen molar-refractivity contribution in [3.05, 3.63) is 47.3 Å². The number of carbonyl (C=O) groups excluding carboxylic acids is 1. The first kappa shape index (κ1) is 15.9. The standard InChI is InChI=1S/C14H13F3N2O3/c1-8-12(7-21-19-8)18-13(20)22-9(2)10-4-3-5-11(6-10)14(15,16)17/h3-7,9H,1-2H3,(H,18,20)/t9-/m1/s1. The Morgan fingerprint density at radius 3 is 2.73 bits per heavy atom. The molecule has 0 bridgehead atoms. The van der Waals surface area contributed by atoms with Gasteiger partial charge in [-0.25, -0.2) is 4.79 Å². The van der Waals surface area contributed by atoms with Crippen LogP contribution in [0.25, 0.3) is 0 Å². The molecule has 1 aromatic carbocycles. The summed E-state index contributed by atoms with van der Waals surface area (Å²) in [6.45, 7) is 3.10. The van der Waals surface area contributed by atoms with Crippen LogP contribution in [0.3, 0.4) is 0 Å². The molecule has 118 valence electrons. The fraction of sp³-hybridized carbons (Fsp3) is 0.286. The Balaban J connectivity index is 2.04. The quantitative estimate of drug-likeness (QED) is 0.916. The molecule has 0 unspecified atom stereocenters. The van der Waals surface area contributed by atoms with Gasteiger partial charge in [-0.2, -0.15) is 13.2 Å². The van der Waals surface area contributed by atoms with Crippen molar-refractivity contribution in [3.63, 3.8) is 0 Å². The summed E-state index contributed by atoms with van der Waals surface area (Å²) in [6.07, 6.45) is -4.87. The topological polar surface area (TPSA) is 64.4 Å². The first-order chi connectivity index (χ1) is 10.3. The number of halogens is 3. The number of aromatic nitrogens is 1. The zero-order chi connectivity index (χ0) is 16.3. The molecule has 0 aliphatic heterocycles. The summed E-state index contributed by atoms with van der Waals surface area (Å²) >= 11 is 0. The molecule has 5 nitrogen and oxygen atoms in total. The third-order valence-electron chi connectivity index (χ3n) is 2.95. The van der Waals surface area contributed by atoms with E-state index in [9.17, 15) is 18.0 Å². The maximum Gasteiger partial charge on any atom is 0.416 e. The van der Waals surface area contributed by atoms with Gasteiger partial charge in [0, 0.05) is 0 Å². The average molecular weight is 314 g/mol. The van der Waals surface area contributed by atoms with Crippen molar-refractivity contribution in [2.45, 2.75) is 26.1 Å². The van der Waals surface area contributed by atoms with Crippen LogP contribution in [0.15, 0.2) is 35.1 Å². The van der Waals surface area contributed by atoms with Crippen molar-refractivity contribution in [2.24, 2.45) is 0 Å². The average Bonchev–Trinajstić information content (AvgIpc) is 2.83. The van der Waals surface area contributed by atoms with Crippen molar-refractivity contribution < 1.29 is 27.2 Å². The van der Waals surface area contributed by atoms with Gasteiger partial charge in [-0.1, -0.05) is 17.3 Å². The van der Waals surface area contributed by atoms with Gasteiger partial charge >= 0.3 is 12.3 Å². The third-order valence-corrected chi connectivity index (χ3v) is 2.95. The van der Waals surface area contributed by atoms with E-state index in [0.29, 0.717) is 11.4 Å². The van der Waals surface area contributed by atoms with E-state index in [1.54, 1.807) is 6.92 Å². The predicted molar refractivity (Wildman–Crippen MR) is 71.2 cm³/mol. The van der Waals surface area contributed by atoms with E-state index in [0.717, 1.165) is 12.1 Å². The normalized spacial score (nSPS) is 12.8. The second-order valence-corrected chi connectivity index (χ2v) is 4.61. The number of carbonyl (C=O) groups is 1. The van der Waals surface area contributed by atoms with Crippen molar-refractivity contribution in [1.82, 2.24) is 5.16 Å². The summed E-state index contributed by atoms with van der Waals surface area (Å²) in [7, 11) is 0. The number of nitrogens with one attached hydrogen (secondary N) is 1. The molecule has 1 N–H and O–H groups in total. The monoisotopic (exact) mass is 314 g/mol. The number of anilines is 1. The lowest BCUT2D eigenvalue weighted by Gasteiger charge is -2.15. The molecule has 0 saturated carbocycles. The summed E-state index contributed by atoms with van der Waals surface area (Å²) in [5.41, 5.74) is 0.243.